The lowest BCUT2D eigenvalue weighted by atomic mass is 10.1. The first-order valence-electron chi connectivity index (χ1n) is 7.04. The van der Waals surface area contributed by atoms with Crippen LogP contribution in [0.15, 0.2) is 34.8 Å². The number of nitrogens with zero attached hydrogens (tertiary/aromatic N) is 3. The third kappa shape index (κ3) is 2.59. The van der Waals surface area contributed by atoms with Gasteiger partial charge in [0, 0.05) is 16.7 Å². The van der Waals surface area contributed by atoms with Gasteiger partial charge in [-0.15, -0.1) is 0 Å². The number of nitriles is 1. The molecule has 0 unspecified atom stereocenters. The maximum atomic E-state index is 12.7. The molecule has 1 aromatic heterocycles. The Morgan fingerprint density at radius 2 is 1.92 bits per heavy atom. The van der Waals surface area contributed by atoms with Gasteiger partial charge >= 0.3 is 6.18 Å². The molecule has 3 rings (SSSR count). The molecule has 1 amide bonds. The Kier molecular flexibility index (Phi) is 3.92. The summed E-state index contributed by atoms with van der Waals surface area (Å²) in [5, 5.41) is 9.18. The lowest BCUT2D eigenvalue weighted by Gasteiger charge is -2.33. The van der Waals surface area contributed by atoms with Gasteiger partial charge in [-0.25, -0.2) is 0 Å². The third-order valence-electron chi connectivity index (χ3n) is 3.95. The zero-order valence-electron chi connectivity index (χ0n) is 12.4. The van der Waals surface area contributed by atoms with Gasteiger partial charge in [-0.05, 0) is 53.2 Å². The molecule has 1 atom stereocenters. The molecule has 24 heavy (non-hydrogen) atoms. The molecule has 0 saturated heterocycles. The first-order valence-corrected chi connectivity index (χ1v) is 7.83. The van der Waals surface area contributed by atoms with Crippen LogP contribution in [0, 0.1) is 11.3 Å². The first-order chi connectivity index (χ1) is 11.2. The molecule has 1 aliphatic rings. The number of hydrogen-bond acceptors (Lipinski definition) is 2. The maximum absolute atomic E-state index is 12.7. The highest BCUT2D eigenvalue weighted by Gasteiger charge is 2.35. The molecule has 2 heterocycles. The van der Waals surface area contributed by atoms with E-state index in [1.807, 2.05) is 13.0 Å². The van der Waals surface area contributed by atoms with Gasteiger partial charge in [0.2, 0.25) is 0 Å². The Labute approximate surface area is 144 Å². The van der Waals surface area contributed by atoms with Gasteiger partial charge in [-0.3, -0.25) is 4.79 Å². The number of rotatable bonds is 1. The minimum atomic E-state index is -4.42. The Bertz CT molecular complexity index is 849. The first kappa shape index (κ1) is 16.6. The van der Waals surface area contributed by atoms with Crippen molar-refractivity contribution in [3.63, 3.8) is 0 Å². The van der Waals surface area contributed by atoms with Crippen molar-refractivity contribution in [2.24, 2.45) is 0 Å². The number of carbonyl (C=O) groups is 1. The fourth-order valence-corrected chi connectivity index (χ4v) is 3.43. The Morgan fingerprint density at radius 3 is 2.46 bits per heavy atom. The molecule has 0 bridgehead atoms. The average molecular weight is 398 g/mol. The summed E-state index contributed by atoms with van der Waals surface area (Å²) >= 11 is 3.28. The molecule has 8 heteroatoms. The summed E-state index contributed by atoms with van der Waals surface area (Å²) < 4.78 is 40.2. The average Bonchev–Trinajstić information content (AvgIpc) is 2.87. The summed E-state index contributed by atoms with van der Waals surface area (Å²) in [5.74, 6) is -0.360. The van der Waals surface area contributed by atoms with Crippen LogP contribution in [-0.2, 0) is 6.18 Å². The van der Waals surface area contributed by atoms with Gasteiger partial charge in [0.25, 0.3) is 5.91 Å². The second-order valence-electron chi connectivity index (χ2n) is 5.52. The van der Waals surface area contributed by atoms with Crippen molar-refractivity contribution in [1.29, 1.82) is 5.26 Å². The van der Waals surface area contributed by atoms with E-state index >= 15 is 0 Å². The summed E-state index contributed by atoms with van der Waals surface area (Å²) in [6, 6.07) is 7.91. The summed E-state index contributed by atoms with van der Waals surface area (Å²) in [6.45, 7) is 2.12. The second-order valence-corrected chi connectivity index (χ2v) is 6.37. The number of carbonyl (C=O) groups excluding carboxylic acids is 1. The monoisotopic (exact) mass is 397 g/mol. The van der Waals surface area contributed by atoms with E-state index in [9.17, 15) is 23.2 Å². The van der Waals surface area contributed by atoms with Gasteiger partial charge in [0.1, 0.15) is 17.5 Å². The van der Waals surface area contributed by atoms with E-state index in [-0.39, 0.29) is 18.5 Å². The molecular formula is C16H11BrF3N3O. The summed E-state index contributed by atoms with van der Waals surface area (Å²) in [4.78, 5) is 14.2. The molecule has 0 radical (unpaired) electrons. The highest BCUT2D eigenvalue weighted by molar-refractivity contribution is 9.10. The zero-order chi connectivity index (χ0) is 17.6. The third-order valence-corrected chi connectivity index (χ3v) is 4.55. The van der Waals surface area contributed by atoms with Crippen molar-refractivity contribution in [1.82, 2.24) is 4.57 Å². The molecule has 2 aromatic rings. The van der Waals surface area contributed by atoms with Crippen molar-refractivity contribution in [3.8, 4) is 6.07 Å². The van der Waals surface area contributed by atoms with Gasteiger partial charge in [-0.2, -0.15) is 18.4 Å². The smallest absolute Gasteiger partial charge is 0.323 e. The maximum Gasteiger partial charge on any atom is 0.416 e. The number of benzene rings is 1. The number of halogens is 4. The van der Waals surface area contributed by atoms with E-state index < -0.39 is 11.7 Å². The number of amides is 1. The topological polar surface area (TPSA) is 49.0 Å². The van der Waals surface area contributed by atoms with Crippen LogP contribution >= 0.6 is 15.9 Å². The molecule has 124 valence electrons. The number of hydrogen-bond donors (Lipinski definition) is 0. The van der Waals surface area contributed by atoms with Gasteiger partial charge in [0.05, 0.1) is 11.6 Å². The van der Waals surface area contributed by atoms with Crippen molar-refractivity contribution in [3.05, 3.63) is 51.8 Å². The van der Waals surface area contributed by atoms with Crippen LogP contribution in [0.25, 0.3) is 0 Å². The minimum absolute atomic E-state index is 0.180. The predicted molar refractivity (Wildman–Crippen MR) is 84.7 cm³/mol. The normalized spacial score (nSPS) is 17.6. The van der Waals surface area contributed by atoms with Crippen LogP contribution in [0.1, 0.15) is 34.7 Å². The van der Waals surface area contributed by atoms with Crippen LogP contribution in [0.4, 0.5) is 18.9 Å². The Morgan fingerprint density at radius 1 is 1.29 bits per heavy atom. The van der Waals surface area contributed by atoms with E-state index in [0.717, 1.165) is 12.1 Å². The SMILES string of the molecule is C[C@H]1CN(c2ccc(C(F)(F)F)cc2)C(=O)c2c(Br)cc(C#N)n21. The standard InChI is InChI=1S/C16H11BrF3N3O/c1-9-8-22(11-4-2-10(3-5-11)16(18,19)20)15(24)14-13(17)6-12(7-21)23(9)14/h2-6,9H,8H2,1H3/t9-/m0/s1. The summed E-state index contributed by atoms with van der Waals surface area (Å²) in [6.07, 6.45) is -4.42. The lowest BCUT2D eigenvalue weighted by molar-refractivity contribution is -0.137. The lowest BCUT2D eigenvalue weighted by Crippen LogP contribution is -2.42. The van der Waals surface area contributed by atoms with Crippen LogP contribution in [0.3, 0.4) is 0 Å². The van der Waals surface area contributed by atoms with Crippen LogP contribution in [0.5, 0.6) is 0 Å². The van der Waals surface area contributed by atoms with E-state index in [1.54, 1.807) is 10.6 Å². The molecule has 1 aromatic carbocycles. The quantitative estimate of drug-likeness (QED) is 0.717. The molecule has 0 aliphatic carbocycles. The second kappa shape index (κ2) is 5.67. The molecule has 0 N–H and O–H groups in total. The highest BCUT2D eigenvalue weighted by atomic mass is 79.9. The zero-order valence-corrected chi connectivity index (χ0v) is 14.0. The Balaban J connectivity index is 2.01. The number of aromatic nitrogens is 1. The Hall–Kier alpha value is -2.27. The molecule has 0 spiro atoms. The van der Waals surface area contributed by atoms with Crippen molar-refractivity contribution < 1.29 is 18.0 Å². The van der Waals surface area contributed by atoms with Crippen molar-refractivity contribution in [2.45, 2.75) is 19.1 Å². The van der Waals surface area contributed by atoms with E-state index in [0.29, 0.717) is 21.5 Å². The van der Waals surface area contributed by atoms with Crippen LogP contribution in [-0.4, -0.2) is 17.0 Å². The van der Waals surface area contributed by atoms with Crippen molar-refractivity contribution in [2.75, 3.05) is 11.4 Å². The largest absolute Gasteiger partial charge is 0.416 e. The van der Waals surface area contributed by atoms with Crippen LogP contribution < -0.4 is 4.90 Å². The molecule has 0 fully saturated rings. The summed E-state index contributed by atoms with van der Waals surface area (Å²) in [7, 11) is 0. The molecule has 1 aliphatic heterocycles. The van der Waals surface area contributed by atoms with Crippen molar-refractivity contribution >= 4 is 27.5 Å². The highest BCUT2D eigenvalue weighted by Crippen LogP contribution is 2.35. The van der Waals surface area contributed by atoms with Gasteiger partial charge in [0.15, 0.2) is 0 Å². The fourth-order valence-electron chi connectivity index (χ4n) is 2.85. The number of fused-ring (bicyclic) bond motifs is 1. The van der Waals surface area contributed by atoms with Crippen LogP contribution in [0.2, 0.25) is 0 Å². The van der Waals surface area contributed by atoms with Gasteiger partial charge in [-0.1, -0.05) is 0 Å². The molecule has 4 nitrogen and oxygen atoms in total. The number of alkyl halides is 3. The minimum Gasteiger partial charge on any atom is -0.323 e. The predicted octanol–water partition coefficient (Wildman–Crippen LogP) is 4.36. The fraction of sp³-hybridized carbons (Fsp3) is 0.250. The van der Waals surface area contributed by atoms with Gasteiger partial charge < -0.3 is 9.47 Å². The van der Waals surface area contributed by atoms with E-state index in [1.165, 1.54) is 17.0 Å². The van der Waals surface area contributed by atoms with E-state index in [2.05, 4.69) is 15.9 Å². The molecular weight excluding hydrogens is 387 g/mol. The van der Waals surface area contributed by atoms with E-state index in [4.69, 9.17) is 0 Å². The number of anilines is 1. The molecule has 0 saturated carbocycles. The summed E-state index contributed by atoms with van der Waals surface area (Å²) in [5.41, 5.74) is 0.313.